The first kappa shape index (κ1) is 10.4. The van der Waals surface area contributed by atoms with E-state index < -0.39 is 5.79 Å². The molecule has 1 atom stereocenters. The first-order chi connectivity index (χ1) is 7.26. The lowest BCUT2D eigenvalue weighted by Gasteiger charge is -2.42. The highest BCUT2D eigenvalue weighted by molar-refractivity contribution is 5.49. The molecule has 1 aliphatic heterocycles. The summed E-state index contributed by atoms with van der Waals surface area (Å²) in [6.45, 7) is 1.74. The van der Waals surface area contributed by atoms with Gasteiger partial charge in [0.1, 0.15) is 0 Å². The molecule has 3 nitrogen and oxygen atoms in total. The number of rotatable bonds is 2. The molecule has 0 spiro atoms. The van der Waals surface area contributed by atoms with Gasteiger partial charge < -0.3 is 16.0 Å². The summed E-state index contributed by atoms with van der Waals surface area (Å²) in [5.41, 5.74) is 6.40. The zero-order valence-electron chi connectivity index (χ0n) is 8.62. The summed E-state index contributed by atoms with van der Waals surface area (Å²) in [4.78, 5) is 1.74. The second kappa shape index (κ2) is 4.16. The minimum atomic E-state index is -1.46. The molecule has 0 radical (unpaired) electrons. The molecule has 1 fully saturated rings. The minimum Gasteiger partial charge on any atom is -0.336 e. The third-order valence-corrected chi connectivity index (χ3v) is 2.77. The second-order valence-corrected chi connectivity index (χ2v) is 3.79. The van der Waals surface area contributed by atoms with Gasteiger partial charge in [-0.1, -0.05) is 18.2 Å². The Labute approximate surface area is 89.1 Å². The smallest absolute Gasteiger partial charge is 0.207 e. The highest BCUT2D eigenvalue weighted by atomic mass is 19.1. The number of nitrogens with zero attached hydrogens (tertiary/aromatic N) is 1. The average Bonchev–Trinajstić information content (AvgIpc) is 2.31. The topological polar surface area (TPSA) is 41.3 Å². The molecule has 1 heterocycles. The van der Waals surface area contributed by atoms with Crippen LogP contribution in [0.5, 0.6) is 0 Å². The Kier molecular flexibility index (Phi) is 2.88. The maximum absolute atomic E-state index is 14.4. The first-order valence-electron chi connectivity index (χ1n) is 5.19. The summed E-state index contributed by atoms with van der Waals surface area (Å²) in [6, 6.07) is 9.57. The van der Waals surface area contributed by atoms with Crippen LogP contribution in [0.15, 0.2) is 30.3 Å². The van der Waals surface area contributed by atoms with Crippen LogP contribution < -0.4 is 16.0 Å². The van der Waals surface area contributed by atoms with Crippen LogP contribution in [-0.4, -0.2) is 32.0 Å². The SMILES string of the molecule is NCC1(F)CNCCN1c1ccccc1. The third kappa shape index (κ3) is 1.96. The zero-order valence-corrected chi connectivity index (χ0v) is 8.62. The normalized spacial score (nSPS) is 26.7. The number of alkyl halides is 1. The predicted molar refractivity (Wildman–Crippen MR) is 59.6 cm³/mol. The summed E-state index contributed by atoms with van der Waals surface area (Å²) in [5.74, 6) is -1.46. The number of hydrogen-bond donors (Lipinski definition) is 2. The van der Waals surface area contributed by atoms with Gasteiger partial charge in [0.05, 0.1) is 6.54 Å². The highest BCUT2D eigenvalue weighted by Crippen LogP contribution is 2.25. The molecule has 15 heavy (non-hydrogen) atoms. The molecule has 0 bridgehead atoms. The van der Waals surface area contributed by atoms with Crippen LogP contribution in [0.2, 0.25) is 0 Å². The lowest BCUT2D eigenvalue weighted by atomic mass is 10.1. The number of piperazine rings is 1. The monoisotopic (exact) mass is 209 g/mol. The van der Waals surface area contributed by atoms with E-state index in [4.69, 9.17) is 5.73 Å². The molecule has 0 saturated carbocycles. The van der Waals surface area contributed by atoms with E-state index in [1.165, 1.54) is 0 Å². The Balaban J connectivity index is 2.26. The van der Waals surface area contributed by atoms with Gasteiger partial charge in [0.25, 0.3) is 0 Å². The molecule has 4 heteroatoms. The largest absolute Gasteiger partial charge is 0.336 e. The molecule has 1 unspecified atom stereocenters. The number of hydrogen-bond acceptors (Lipinski definition) is 3. The van der Waals surface area contributed by atoms with Crippen molar-refractivity contribution in [3.05, 3.63) is 30.3 Å². The van der Waals surface area contributed by atoms with Crippen molar-refractivity contribution in [2.24, 2.45) is 5.73 Å². The van der Waals surface area contributed by atoms with Crippen molar-refractivity contribution in [3.8, 4) is 0 Å². The van der Waals surface area contributed by atoms with Crippen molar-refractivity contribution >= 4 is 5.69 Å². The van der Waals surface area contributed by atoms with E-state index >= 15 is 0 Å². The average molecular weight is 209 g/mol. The van der Waals surface area contributed by atoms with Crippen LogP contribution in [-0.2, 0) is 0 Å². The Morgan fingerprint density at radius 2 is 2.13 bits per heavy atom. The molecule has 1 aliphatic rings. The van der Waals surface area contributed by atoms with E-state index in [0.717, 1.165) is 12.2 Å². The quantitative estimate of drug-likeness (QED) is 0.705. The third-order valence-electron chi connectivity index (χ3n) is 2.77. The minimum absolute atomic E-state index is 0.00882. The number of nitrogens with two attached hydrogens (primary N) is 1. The molecule has 1 saturated heterocycles. The molecule has 0 aromatic heterocycles. The molecule has 3 N–H and O–H groups in total. The standard InChI is InChI=1S/C11H16FN3/c12-11(8-13)9-14-6-7-15(11)10-4-2-1-3-5-10/h1-5,14H,6-9,13H2. The number of halogens is 1. The Morgan fingerprint density at radius 3 is 2.80 bits per heavy atom. The van der Waals surface area contributed by atoms with Gasteiger partial charge in [0.15, 0.2) is 0 Å². The van der Waals surface area contributed by atoms with Gasteiger partial charge in [0.2, 0.25) is 5.79 Å². The number of nitrogens with one attached hydrogen (secondary N) is 1. The Hall–Kier alpha value is -1.13. The summed E-state index contributed by atoms with van der Waals surface area (Å²) >= 11 is 0. The summed E-state index contributed by atoms with van der Waals surface area (Å²) < 4.78 is 14.4. The summed E-state index contributed by atoms with van der Waals surface area (Å²) in [7, 11) is 0. The van der Waals surface area contributed by atoms with E-state index in [9.17, 15) is 4.39 Å². The van der Waals surface area contributed by atoms with Gasteiger partial charge in [-0.25, -0.2) is 4.39 Å². The van der Waals surface area contributed by atoms with E-state index in [-0.39, 0.29) is 6.54 Å². The van der Waals surface area contributed by atoms with Crippen molar-refractivity contribution in [2.75, 3.05) is 31.1 Å². The lowest BCUT2D eigenvalue weighted by molar-refractivity contribution is 0.143. The van der Waals surface area contributed by atoms with E-state index in [1.54, 1.807) is 4.90 Å². The van der Waals surface area contributed by atoms with Gasteiger partial charge in [0, 0.05) is 25.3 Å². The van der Waals surface area contributed by atoms with Crippen LogP contribution in [0.3, 0.4) is 0 Å². The van der Waals surface area contributed by atoms with Crippen LogP contribution in [0.4, 0.5) is 10.1 Å². The van der Waals surface area contributed by atoms with Crippen molar-refractivity contribution in [3.63, 3.8) is 0 Å². The lowest BCUT2D eigenvalue weighted by Crippen LogP contribution is -2.62. The van der Waals surface area contributed by atoms with Gasteiger partial charge in [-0.05, 0) is 12.1 Å². The molecule has 82 valence electrons. The van der Waals surface area contributed by atoms with E-state index in [1.807, 2.05) is 30.3 Å². The Bertz CT molecular complexity index is 317. The summed E-state index contributed by atoms with van der Waals surface area (Å²) in [6.07, 6.45) is 0. The van der Waals surface area contributed by atoms with Crippen LogP contribution >= 0.6 is 0 Å². The van der Waals surface area contributed by atoms with Gasteiger partial charge in [-0.3, -0.25) is 0 Å². The fraction of sp³-hybridized carbons (Fsp3) is 0.455. The molecular weight excluding hydrogens is 193 g/mol. The fourth-order valence-electron chi connectivity index (χ4n) is 1.92. The maximum Gasteiger partial charge on any atom is 0.207 e. The van der Waals surface area contributed by atoms with E-state index in [0.29, 0.717) is 13.1 Å². The second-order valence-electron chi connectivity index (χ2n) is 3.79. The van der Waals surface area contributed by atoms with Gasteiger partial charge in [-0.15, -0.1) is 0 Å². The fourth-order valence-corrected chi connectivity index (χ4v) is 1.92. The zero-order chi connectivity index (χ0) is 10.7. The molecular formula is C11H16FN3. The highest BCUT2D eigenvalue weighted by Gasteiger charge is 2.37. The maximum atomic E-state index is 14.4. The molecule has 1 aromatic carbocycles. The van der Waals surface area contributed by atoms with Crippen molar-refractivity contribution in [1.82, 2.24) is 5.32 Å². The van der Waals surface area contributed by atoms with Crippen molar-refractivity contribution < 1.29 is 4.39 Å². The molecule has 2 rings (SSSR count). The number of para-hydroxylation sites is 1. The van der Waals surface area contributed by atoms with Crippen LogP contribution in [0.25, 0.3) is 0 Å². The van der Waals surface area contributed by atoms with Crippen molar-refractivity contribution in [2.45, 2.75) is 5.79 Å². The van der Waals surface area contributed by atoms with E-state index in [2.05, 4.69) is 5.32 Å². The number of anilines is 1. The molecule has 0 amide bonds. The molecule has 1 aromatic rings. The number of benzene rings is 1. The van der Waals surface area contributed by atoms with Crippen LogP contribution in [0.1, 0.15) is 0 Å². The van der Waals surface area contributed by atoms with Gasteiger partial charge in [-0.2, -0.15) is 0 Å². The first-order valence-corrected chi connectivity index (χ1v) is 5.19. The van der Waals surface area contributed by atoms with Gasteiger partial charge >= 0.3 is 0 Å². The van der Waals surface area contributed by atoms with Crippen LogP contribution in [0, 0.1) is 0 Å². The summed E-state index contributed by atoms with van der Waals surface area (Å²) in [5, 5.41) is 3.03. The Morgan fingerprint density at radius 1 is 1.40 bits per heavy atom. The van der Waals surface area contributed by atoms with Crippen molar-refractivity contribution in [1.29, 1.82) is 0 Å². The predicted octanol–water partition coefficient (Wildman–Crippen LogP) is 0.721. The molecule has 0 aliphatic carbocycles.